The van der Waals surface area contributed by atoms with Gasteiger partial charge in [-0.1, -0.05) is 18.2 Å². The molecule has 0 bridgehead atoms. The van der Waals surface area contributed by atoms with Gasteiger partial charge in [-0.15, -0.1) is 0 Å². The van der Waals surface area contributed by atoms with E-state index in [1.165, 1.54) is 43.3 Å². The minimum absolute atomic E-state index is 0.0270. The van der Waals surface area contributed by atoms with Gasteiger partial charge in [-0.05, 0) is 31.2 Å². The maximum absolute atomic E-state index is 14.0. The van der Waals surface area contributed by atoms with Gasteiger partial charge in [0.25, 0.3) is 5.91 Å². The fraction of sp³-hybridized carbons (Fsp3) is 0.200. The zero-order valence-corrected chi connectivity index (χ0v) is 14.9. The first-order valence-electron chi connectivity index (χ1n) is 9.32. The van der Waals surface area contributed by atoms with Crippen LogP contribution in [0.1, 0.15) is 24.4 Å². The molecule has 0 fully saturated rings. The average Bonchev–Trinajstić information content (AvgIpc) is 3.00. The van der Waals surface area contributed by atoms with Crippen LogP contribution >= 0.6 is 0 Å². The monoisotopic (exact) mass is 388 g/mol. The molecule has 0 aliphatic rings. The molecule has 1 atom stereocenters. The van der Waals surface area contributed by atoms with Crippen LogP contribution < -0.4 is 15.8 Å². The van der Waals surface area contributed by atoms with E-state index in [4.69, 9.17) is 17.6 Å². The summed E-state index contributed by atoms with van der Waals surface area (Å²) in [5, 5.41) is 11.8. The molecular weight excluding hydrogens is 367 g/mol. The maximum Gasteiger partial charge on any atom is 0.256 e. The zero-order chi connectivity index (χ0) is 22.1. The Morgan fingerprint density at radius 1 is 1.36 bits per heavy atom. The van der Waals surface area contributed by atoms with E-state index in [1.54, 1.807) is 0 Å². The summed E-state index contributed by atoms with van der Waals surface area (Å²) in [4.78, 5) is 23.9. The van der Waals surface area contributed by atoms with Crippen molar-refractivity contribution < 1.29 is 31.0 Å². The Morgan fingerprint density at radius 3 is 2.79 bits per heavy atom. The molecule has 0 saturated carbocycles. The smallest absolute Gasteiger partial charge is 0.256 e. The van der Waals surface area contributed by atoms with E-state index < -0.39 is 36.8 Å². The lowest BCUT2D eigenvalue weighted by Crippen LogP contribution is -2.46. The third-order valence-electron chi connectivity index (χ3n) is 4.05. The number of fused-ring (bicyclic) bond motifs is 1. The number of benzene rings is 2. The number of aryl methyl sites for hydroxylation is 1. The largest absolute Gasteiger partial charge is 0.489 e. The molecule has 8 heteroatoms. The first-order chi connectivity index (χ1) is 14.1. The molecule has 0 saturated heterocycles. The zero-order valence-electron chi connectivity index (χ0n) is 16.9. The summed E-state index contributed by atoms with van der Waals surface area (Å²) in [6.07, 6.45) is 0. The van der Waals surface area contributed by atoms with Crippen molar-refractivity contribution in [3.05, 3.63) is 65.2 Å². The Kier molecular flexibility index (Phi) is 4.85. The van der Waals surface area contributed by atoms with Crippen LogP contribution in [0, 0.1) is 12.7 Å². The second kappa shape index (κ2) is 8.10. The number of hydrogen-bond acceptors (Lipinski definition) is 5. The molecule has 0 unspecified atom stereocenters. The second-order valence-electron chi connectivity index (χ2n) is 5.99. The van der Waals surface area contributed by atoms with Gasteiger partial charge in [0.15, 0.2) is 0 Å². The normalized spacial score (nSPS) is 13.5. The highest BCUT2D eigenvalue weighted by molar-refractivity contribution is 6.08. The lowest BCUT2D eigenvalue weighted by molar-refractivity contribution is -0.120. The van der Waals surface area contributed by atoms with Gasteiger partial charge in [0, 0.05) is 10.9 Å². The van der Waals surface area contributed by atoms with Gasteiger partial charge in [-0.3, -0.25) is 9.59 Å². The first-order valence-corrected chi connectivity index (χ1v) is 8.32. The lowest BCUT2D eigenvalue weighted by atomic mass is 10.1. The Hall–Kier alpha value is -3.39. The van der Waals surface area contributed by atoms with E-state index in [0.29, 0.717) is 5.58 Å². The molecule has 146 valence electrons. The van der Waals surface area contributed by atoms with E-state index in [9.17, 15) is 19.1 Å². The lowest BCUT2D eigenvalue weighted by Gasteiger charge is -2.12. The summed E-state index contributed by atoms with van der Waals surface area (Å²) >= 11 is 0. The standard InChI is InChI=1S/C20H19FN2O5/c1-11-18(20(26)23-16(9-24)19(22)25)14-8-13(6-7-17(14)28-11)27-10-12-4-2-3-5-15(12)21/h2-8,16,24H,9-10H2,1H3,(H2,22,25)(H,23,26)/t16-/m0/s1/i10D2. The third-order valence-corrected chi connectivity index (χ3v) is 4.05. The molecule has 2 amide bonds. The Morgan fingerprint density at radius 2 is 2.11 bits per heavy atom. The number of nitrogens with two attached hydrogens (primary N) is 1. The number of halogens is 1. The van der Waals surface area contributed by atoms with Gasteiger partial charge in [-0.25, -0.2) is 4.39 Å². The fourth-order valence-electron chi connectivity index (χ4n) is 2.64. The Balaban J connectivity index is 1.96. The highest BCUT2D eigenvalue weighted by atomic mass is 19.1. The SMILES string of the molecule is [2H]C([2H])(Oc1ccc2oc(C)c(C(=O)N[C@@H](CO)C(N)=O)c2c1)c1ccccc1F. The van der Waals surface area contributed by atoms with Crippen LogP contribution in [0.3, 0.4) is 0 Å². The summed E-state index contributed by atoms with van der Waals surface area (Å²) in [7, 11) is 0. The minimum Gasteiger partial charge on any atom is -0.489 e. The summed E-state index contributed by atoms with van der Waals surface area (Å²) in [6.45, 7) is -1.62. The number of carbonyl (C=O) groups is 2. The van der Waals surface area contributed by atoms with E-state index in [0.717, 1.165) is 6.07 Å². The molecule has 3 aromatic rings. The molecule has 4 N–H and O–H groups in total. The molecule has 0 radical (unpaired) electrons. The van der Waals surface area contributed by atoms with Crippen LogP contribution in [-0.4, -0.2) is 29.6 Å². The molecule has 3 rings (SSSR count). The molecule has 1 aromatic heterocycles. The minimum atomic E-state index is -2.48. The topological polar surface area (TPSA) is 115 Å². The van der Waals surface area contributed by atoms with Crippen molar-refractivity contribution in [2.75, 3.05) is 6.61 Å². The van der Waals surface area contributed by atoms with Crippen molar-refractivity contribution in [3.63, 3.8) is 0 Å². The number of hydrogen-bond donors (Lipinski definition) is 3. The highest BCUT2D eigenvalue weighted by Crippen LogP contribution is 2.29. The number of nitrogens with one attached hydrogen (secondary N) is 1. The van der Waals surface area contributed by atoms with Crippen LogP contribution in [0.5, 0.6) is 5.75 Å². The predicted octanol–water partition coefficient (Wildman–Crippen LogP) is 2.04. The van der Waals surface area contributed by atoms with Crippen molar-refractivity contribution in [1.29, 1.82) is 0 Å². The van der Waals surface area contributed by atoms with E-state index in [-0.39, 0.29) is 28.0 Å². The number of amides is 2. The number of ether oxygens (including phenoxy) is 1. The van der Waals surface area contributed by atoms with Gasteiger partial charge in [0.2, 0.25) is 5.91 Å². The van der Waals surface area contributed by atoms with E-state index in [2.05, 4.69) is 5.32 Å². The molecule has 0 aliphatic carbocycles. The Bertz CT molecular complexity index is 1120. The molecular formula is C20H19FN2O5. The van der Waals surface area contributed by atoms with Gasteiger partial charge in [0.05, 0.1) is 14.9 Å². The fourth-order valence-corrected chi connectivity index (χ4v) is 2.64. The summed E-state index contributed by atoms with van der Waals surface area (Å²) in [6, 6.07) is 8.31. The van der Waals surface area contributed by atoms with Crippen molar-refractivity contribution >= 4 is 22.8 Å². The number of primary amides is 1. The van der Waals surface area contributed by atoms with Crippen molar-refractivity contribution in [1.82, 2.24) is 5.32 Å². The van der Waals surface area contributed by atoms with Gasteiger partial charge in [-0.2, -0.15) is 0 Å². The number of rotatable bonds is 7. The van der Waals surface area contributed by atoms with Crippen molar-refractivity contribution in [2.45, 2.75) is 19.5 Å². The van der Waals surface area contributed by atoms with Crippen LogP contribution in [0.15, 0.2) is 46.9 Å². The highest BCUT2D eigenvalue weighted by Gasteiger charge is 2.23. The van der Waals surface area contributed by atoms with Crippen molar-refractivity contribution in [3.8, 4) is 5.75 Å². The van der Waals surface area contributed by atoms with Crippen molar-refractivity contribution in [2.24, 2.45) is 5.73 Å². The van der Waals surface area contributed by atoms with Gasteiger partial charge in [0.1, 0.15) is 35.5 Å². The molecule has 7 nitrogen and oxygen atoms in total. The van der Waals surface area contributed by atoms with Gasteiger partial charge < -0.3 is 25.3 Å². The van der Waals surface area contributed by atoms with Crippen LogP contribution in [0.25, 0.3) is 11.0 Å². The van der Waals surface area contributed by atoms with Crippen LogP contribution in [-0.2, 0) is 11.4 Å². The summed E-state index contributed by atoms with van der Waals surface area (Å²) in [5.74, 6) is -2.11. The number of aliphatic hydroxyl groups excluding tert-OH is 1. The van der Waals surface area contributed by atoms with Crippen LogP contribution in [0.4, 0.5) is 4.39 Å². The molecule has 1 heterocycles. The number of furan rings is 1. The average molecular weight is 388 g/mol. The summed E-state index contributed by atoms with van der Waals surface area (Å²) in [5.41, 5.74) is 5.24. The summed E-state index contributed by atoms with van der Waals surface area (Å²) < 4.78 is 41.1. The third kappa shape index (κ3) is 3.96. The number of aliphatic hydroxyl groups is 1. The maximum atomic E-state index is 14.0. The van der Waals surface area contributed by atoms with E-state index in [1.807, 2.05) is 0 Å². The van der Waals surface area contributed by atoms with E-state index >= 15 is 0 Å². The van der Waals surface area contributed by atoms with Gasteiger partial charge >= 0.3 is 0 Å². The molecule has 2 aromatic carbocycles. The molecule has 28 heavy (non-hydrogen) atoms. The first kappa shape index (κ1) is 16.8. The number of carbonyl (C=O) groups excluding carboxylic acids is 2. The van der Waals surface area contributed by atoms with Crippen LogP contribution in [0.2, 0.25) is 0 Å². The Labute approximate surface area is 162 Å². The quantitative estimate of drug-likeness (QED) is 0.573. The second-order valence-corrected chi connectivity index (χ2v) is 5.99. The predicted molar refractivity (Wildman–Crippen MR) is 99.2 cm³/mol. The molecule has 0 spiro atoms. The molecule has 0 aliphatic heterocycles.